The highest BCUT2D eigenvalue weighted by molar-refractivity contribution is 14.0. The van der Waals surface area contributed by atoms with Gasteiger partial charge in [0.2, 0.25) is 5.91 Å². The van der Waals surface area contributed by atoms with Crippen molar-refractivity contribution in [1.29, 1.82) is 0 Å². The summed E-state index contributed by atoms with van der Waals surface area (Å²) in [6, 6.07) is 17.6. The Balaban J connectivity index is 0.00000312. The fourth-order valence-corrected chi connectivity index (χ4v) is 2.32. The van der Waals surface area contributed by atoms with E-state index in [9.17, 15) is 4.79 Å². The zero-order chi connectivity index (χ0) is 17.2. The number of carbonyl (C=O) groups is 1. The minimum atomic E-state index is -0.0386. The second-order valence-corrected chi connectivity index (χ2v) is 6.06. The lowest BCUT2D eigenvalue weighted by Gasteiger charge is -2.12. The van der Waals surface area contributed by atoms with Crippen LogP contribution in [0.5, 0.6) is 0 Å². The first-order chi connectivity index (χ1) is 11.7. The first-order valence-corrected chi connectivity index (χ1v) is 8.50. The SMILES string of the molecule is CN=C(NCCC(=O)Nc1ccc(Br)cc1)NCc1ccccc1.I. The van der Waals surface area contributed by atoms with Crippen LogP contribution in [0.2, 0.25) is 0 Å². The third kappa shape index (κ3) is 8.35. The minimum Gasteiger partial charge on any atom is -0.356 e. The molecule has 0 atom stereocenters. The van der Waals surface area contributed by atoms with Gasteiger partial charge in [0.05, 0.1) is 0 Å². The van der Waals surface area contributed by atoms with E-state index in [0.717, 1.165) is 10.2 Å². The number of anilines is 1. The lowest BCUT2D eigenvalue weighted by molar-refractivity contribution is -0.116. The lowest BCUT2D eigenvalue weighted by Crippen LogP contribution is -2.38. The largest absolute Gasteiger partial charge is 0.356 e. The number of aliphatic imine (C=N–C) groups is 1. The van der Waals surface area contributed by atoms with Crippen LogP contribution >= 0.6 is 39.9 Å². The summed E-state index contributed by atoms with van der Waals surface area (Å²) in [5.74, 6) is 0.638. The topological polar surface area (TPSA) is 65.5 Å². The van der Waals surface area contributed by atoms with E-state index < -0.39 is 0 Å². The van der Waals surface area contributed by atoms with Gasteiger partial charge in [0, 0.05) is 36.7 Å². The standard InChI is InChI=1S/C18H21BrN4O.HI/c1-20-18(22-13-14-5-3-2-4-6-14)21-12-11-17(24)23-16-9-7-15(19)8-10-16;/h2-10H,11-13H2,1H3,(H,23,24)(H2,20,21,22);1H. The average molecular weight is 517 g/mol. The number of guanidine groups is 1. The summed E-state index contributed by atoms with van der Waals surface area (Å²) in [5, 5.41) is 9.21. The summed E-state index contributed by atoms with van der Waals surface area (Å²) < 4.78 is 0.982. The Kier molecular flexibility index (Phi) is 10.2. The Bertz CT molecular complexity index is 677. The summed E-state index contributed by atoms with van der Waals surface area (Å²) in [6.45, 7) is 1.20. The fraction of sp³-hybridized carbons (Fsp3) is 0.222. The first-order valence-electron chi connectivity index (χ1n) is 7.71. The molecule has 0 aliphatic carbocycles. The zero-order valence-electron chi connectivity index (χ0n) is 14.0. The zero-order valence-corrected chi connectivity index (χ0v) is 17.9. The molecule has 25 heavy (non-hydrogen) atoms. The molecular weight excluding hydrogens is 495 g/mol. The highest BCUT2D eigenvalue weighted by atomic mass is 127. The van der Waals surface area contributed by atoms with Crippen LogP contribution in [0.3, 0.4) is 0 Å². The molecule has 2 aromatic rings. The first kappa shape index (κ1) is 21.4. The molecule has 0 saturated carbocycles. The number of hydrogen-bond donors (Lipinski definition) is 3. The Morgan fingerprint density at radius 1 is 1.04 bits per heavy atom. The summed E-state index contributed by atoms with van der Waals surface area (Å²) in [7, 11) is 1.71. The molecule has 0 aromatic heterocycles. The van der Waals surface area contributed by atoms with Crippen molar-refractivity contribution in [1.82, 2.24) is 10.6 Å². The second-order valence-electron chi connectivity index (χ2n) is 5.14. The van der Waals surface area contributed by atoms with Gasteiger partial charge >= 0.3 is 0 Å². The van der Waals surface area contributed by atoms with Crippen molar-refractivity contribution >= 4 is 57.5 Å². The van der Waals surface area contributed by atoms with Crippen LogP contribution in [-0.4, -0.2) is 25.5 Å². The van der Waals surface area contributed by atoms with Crippen LogP contribution in [0.25, 0.3) is 0 Å². The fourth-order valence-electron chi connectivity index (χ4n) is 2.05. The van der Waals surface area contributed by atoms with E-state index in [-0.39, 0.29) is 29.9 Å². The molecule has 2 aromatic carbocycles. The van der Waals surface area contributed by atoms with E-state index >= 15 is 0 Å². The van der Waals surface area contributed by atoms with E-state index in [1.54, 1.807) is 7.05 Å². The predicted octanol–water partition coefficient (Wildman–Crippen LogP) is 3.76. The maximum Gasteiger partial charge on any atom is 0.226 e. The van der Waals surface area contributed by atoms with Gasteiger partial charge in [-0.1, -0.05) is 46.3 Å². The number of carbonyl (C=O) groups excluding carboxylic acids is 1. The van der Waals surface area contributed by atoms with Crippen molar-refractivity contribution in [2.45, 2.75) is 13.0 Å². The Labute approximate surface area is 173 Å². The Hall–Kier alpha value is -1.61. The summed E-state index contributed by atoms with van der Waals surface area (Å²) >= 11 is 3.37. The van der Waals surface area contributed by atoms with E-state index in [2.05, 4.69) is 36.9 Å². The van der Waals surface area contributed by atoms with Gasteiger partial charge in [-0.2, -0.15) is 0 Å². The highest BCUT2D eigenvalue weighted by Gasteiger charge is 2.03. The normalized spacial score (nSPS) is 10.6. The molecule has 7 heteroatoms. The molecular formula is C18H22BrIN4O. The molecule has 0 aliphatic heterocycles. The van der Waals surface area contributed by atoms with Crippen molar-refractivity contribution < 1.29 is 4.79 Å². The van der Waals surface area contributed by atoms with Gasteiger partial charge in [-0.05, 0) is 29.8 Å². The van der Waals surface area contributed by atoms with Crippen LogP contribution in [0.4, 0.5) is 5.69 Å². The molecule has 0 saturated heterocycles. The maximum absolute atomic E-state index is 11.9. The number of hydrogen-bond acceptors (Lipinski definition) is 2. The Morgan fingerprint density at radius 3 is 2.36 bits per heavy atom. The van der Waals surface area contributed by atoms with Gasteiger partial charge in [0.15, 0.2) is 5.96 Å². The molecule has 0 spiro atoms. The van der Waals surface area contributed by atoms with E-state index in [4.69, 9.17) is 0 Å². The monoisotopic (exact) mass is 516 g/mol. The Morgan fingerprint density at radius 2 is 1.72 bits per heavy atom. The van der Waals surface area contributed by atoms with Gasteiger partial charge in [-0.25, -0.2) is 0 Å². The molecule has 0 radical (unpaired) electrons. The third-order valence-electron chi connectivity index (χ3n) is 3.30. The van der Waals surface area contributed by atoms with Gasteiger partial charge in [-0.3, -0.25) is 9.79 Å². The van der Waals surface area contributed by atoms with Crippen LogP contribution in [0, 0.1) is 0 Å². The maximum atomic E-state index is 11.9. The van der Waals surface area contributed by atoms with Crippen LogP contribution in [0.15, 0.2) is 64.1 Å². The number of nitrogens with zero attached hydrogens (tertiary/aromatic N) is 1. The molecule has 0 fully saturated rings. The smallest absolute Gasteiger partial charge is 0.226 e. The molecule has 3 N–H and O–H groups in total. The molecule has 0 aliphatic rings. The number of rotatable bonds is 6. The highest BCUT2D eigenvalue weighted by Crippen LogP contribution is 2.14. The predicted molar refractivity (Wildman–Crippen MR) is 117 cm³/mol. The van der Waals surface area contributed by atoms with Crippen molar-refractivity contribution in [3.63, 3.8) is 0 Å². The van der Waals surface area contributed by atoms with Crippen molar-refractivity contribution in [3.8, 4) is 0 Å². The molecule has 134 valence electrons. The molecule has 0 unspecified atom stereocenters. The number of nitrogens with one attached hydrogen (secondary N) is 3. The number of benzene rings is 2. The molecule has 5 nitrogen and oxygen atoms in total. The number of halogens is 2. The van der Waals surface area contributed by atoms with Gasteiger partial charge < -0.3 is 16.0 Å². The number of amides is 1. The van der Waals surface area contributed by atoms with E-state index in [1.165, 1.54) is 5.56 Å². The van der Waals surface area contributed by atoms with Gasteiger partial charge in [0.25, 0.3) is 0 Å². The van der Waals surface area contributed by atoms with Crippen molar-refractivity contribution in [2.75, 3.05) is 18.9 Å². The van der Waals surface area contributed by atoms with Crippen molar-refractivity contribution in [3.05, 3.63) is 64.6 Å². The molecule has 2 rings (SSSR count). The van der Waals surface area contributed by atoms with Crippen LogP contribution in [0.1, 0.15) is 12.0 Å². The van der Waals surface area contributed by atoms with E-state index in [1.807, 2.05) is 54.6 Å². The minimum absolute atomic E-state index is 0. The summed E-state index contributed by atoms with van der Waals surface area (Å²) in [5.41, 5.74) is 1.96. The van der Waals surface area contributed by atoms with Crippen molar-refractivity contribution in [2.24, 2.45) is 4.99 Å². The molecule has 1 amide bonds. The molecule has 0 heterocycles. The quantitative estimate of drug-likeness (QED) is 0.311. The third-order valence-corrected chi connectivity index (χ3v) is 3.83. The summed E-state index contributed by atoms with van der Waals surface area (Å²) in [6.07, 6.45) is 0.363. The van der Waals surface area contributed by atoms with Gasteiger partial charge in [-0.15, -0.1) is 24.0 Å². The molecule has 0 bridgehead atoms. The van der Waals surface area contributed by atoms with Gasteiger partial charge in [0.1, 0.15) is 0 Å². The van der Waals surface area contributed by atoms with Crippen LogP contribution in [-0.2, 0) is 11.3 Å². The van der Waals surface area contributed by atoms with E-state index in [0.29, 0.717) is 25.5 Å². The summed E-state index contributed by atoms with van der Waals surface area (Å²) in [4.78, 5) is 16.1. The van der Waals surface area contributed by atoms with Crippen LogP contribution < -0.4 is 16.0 Å². The average Bonchev–Trinajstić information content (AvgIpc) is 2.61. The second kappa shape index (κ2) is 11.9. The lowest BCUT2D eigenvalue weighted by atomic mass is 10.2.